The molecule has 78 heavy (non-hydrogen) atoms. The first-order chi connectivity index (χ1) is 38.6. The first kappa shape index (κ1) is 41.4. The summed E-state index contributed by atoms with van der Waals surface area (Å²) in [4.78, 5) is 0. The minimum absolute atomic E-state index is 1.25. The van der Waals surface area contributed by atoms with Crippen molar-refractivity contribution >= 4 is 129 Å². The predicted octanol–water partition coefficient (Wildman–Crippen LogP) is 22.2. The summed E-state index contributed by atoms with van der Waals surface area (Å²) in [7, 11) is 0. The van der Waals surface area contributed by atoms with Crippen molar-refractivity contribution in [2.75, 3.05) is 0 Å². The van der Waals surface area contributed by atoms with Crippen molar-refractivity contribution in [2.24, 2.45) is 0 Å². The fourth-order valence-corrected chi connectivity index (χ4v) is 15.9. The molecule has 19 rings (SSSR count). The molecule has 0 amide bonds. The molecule has 1 aliphatic carbocycles. The third kappa shape index (κ3) is 4.90. The molecule has 0 fully saturated rings. The zero-order valence-corrected chi connectivity index (χ0v) is 42.9. The first-order valence-corrected chi connectivity index (χ1v) is 27.6. The van der Waals surface area contributed by atoms with E-state index in [1.54, 1.807) is 0 Å². The van der Waals surface area contributed by atoms with Gasteiger partial charge < -0.3 is 0 Å². The Balaban J connectivity index is 0.958. The minimum Gasteiger partial charge on any atom is -0.0622 e. The summed E-state index contributed by atoms with van der Waals surface area (Å²) in [6, 6.07) is 88.1. The van der Waals surface area contributed by atoms with Crippen LogP contribution < -0.4 is 0 Å². The lowest BCUT2D eigenvalue weighted by Gasteiger charge is -2.17. The van der Waals surface area contributed by atoms with Gasteiger partial charge >= 0.3 is 0 Å². The van der Waals surface area contributed by atoms with Gasteiger partial charge in [0.2, 0.25) is 0 Å². The van der Waals surface area contributed by atoms with Crippen molar-refractivity contribution in [3.05, 3.63) is 242 Å². The molecule has 0 N–H and O–H groups in total. The highest BCUT2D eigenvalue weighted by Crippen LogP contribution is 2.60. The molecule has 0 spiro atoms. The van der Waals surface area contributed by atoms with Crippen LogP contribution >= 0.6 is 0 Å². The van der Waals surface area contributed by atoms with E-state index in [9.17, 15) is 0 Å². The van der Waals surface area contributed by atoms with E-state index >= 15 is 0 Å². The van der Waals surface area contributed by atoms with Crippen LogP contribution in [0.4, 0.5) is 0 Å². The second-order valence-corrected chi connectivity index (χ2v) is 22.4. The molecule has 0 atom stereocenters. The van der Waals surface area contributed by atoms with Gasteiger partial charge in [-0.3, -0.25) is 0 Å². The second kappa shape index (κ2) is 14.5. The van der Waals surface area contributed by atoms with Crippen LogP contribution in [0.1, 0.15) is 11.1 Å². The summed E-state index contributed by atoms with van der Waals surface area (Å²) in [5.74, 6) is 0. The average Bonchev–Trinajstić information content (AvgIpc) is 4.29. The Morgan fingerprint density at radius 3 is 0.962 bits per heavy atom. The molecule has 0 aromatic heterocycles. The van der Waals surface area contributed by atoms with Gasteiger partial charge in [0.05, 0.1) is 0 Å². The van der Waals surface area contributed by atoms with Gasteiger partial charge in [-0.05, 0) is 221 Å². The second-order valence-electron chi connectivity index (χ2n) is 22.4. The normalized spacial score (nSPS) is 12.7. The Hall–Kier alpha value is -9.88. The van der Waals surface area contributed by atoms with Crippen LogP contribution in [-0.2, 0) is 0 Å². The minimum atomic E-state index is 1.25. The molecule has 0 heterocycles. The van der Waals surface area contributed by atoms with Crippen molar-refractivity contribution in [3.8, 4) is 66.8 Å². The van der Waals surface area contributed by atoms with Gasteiger partial charge in [0.25, 0.3) is 0 Å². The van der Waals surface area contributed by atoms with Gasteiger partial charge in [0.1, 0.15) is 0 Å². The van der Waals surface area contributed by atoms with Crippen LogP contribution in [0.3, 0.4) is 0 Å². The van der Waals surface area contributed by atoms with Crippen LogP contribution in [0.2, 0.25) is 0 Å². The van der Waals surface area contributed by atoms with Crippen molar-refractivity contribution in [1.82, 2.24) is 0 Å². The molecule has 1 aliphatic rings. The van der Waals surface area contributed by atoms with E-state index in [0.29, 0.717) is 0 Å². The van der Waals surface area contributed by atoms with Gasteiger partial charge in [-0.2, -0.15) is 0 Å². The molecule has 0 heteroatoms. The molecule has 18 aromatic rings. The SMILES string of the molecule is Cc1cc(-c2ccccc2)c(C)c2c1-c1ccc3c4ccc5c6c(-c7ccccc7)c7c8ccc9c%10ccc(-c%11ccccc%11)c%11cccc(c%12ccc(c7c(-c7ccccc7)c6c6ccc(c7ccc-2c1c37)c4c56)c8c9%12)c%11%10. The summed E-state index contributed by atoms with van der Waals surface area (Å²) in [6.07, 6.45) is 0. The quantitative estimate of drug-likeness (QED) is 0.122. The van der Waals surface area contributed by atoms with Crippen LogP contribution in [-0.4, -0.2) is 0 Å². The molecule has 18 aromatic carbocycles. The fourth-order valence-electron chi connectivity index (χ4n) is 15.9. The Bertz CT molecular complexity index is 5440. The van der Waals surface area contributed by atoms with Gasteiger partial charge in [0, 0.05) is 0 Å². The van der Waals surface area contributed by atoms with Crippen LogP contribution in [0, 0.1) is 13.8 Å². The molecule has 0 aliphatic heterocycles. The van der Waals surface area contributed by atoms with Gasteiger partial charge in [-0.15, -0.1) is 0 Å². The van der Waals surface area contributed by atoms with Crippen LogP contribution in [0.5, 0.6) is 0 Å². The zero-order chi connectivity index (χ0) is 50.8. The summed E-state index contributed by atoms with van der Waals surface area (Å²) in [6.45, 7) is 4.64. The summed E-state index contributed by atoms with van der Waals surface area (Å²) in [5, 5.41) is 32.1. The number of hydrogen-bond acceptors (Lipinski definition) is 0. The lowest BCUT2D eigenvalue weighted by molar-refractivity contribution is 1.40. The van der Waals surface area contributed by atoms with Crippen molar-refractivity contribution in [3.63, 3.8) is 0 Å². The maximum absolute atomic E-state index is 2.49. The molecular weight excluding hydrogens is 937 g/mol. The topological polar surface area (TPSA) is 0 Å². The molecule has 0 unspecified atom stereocenters. The summed E-state index contributed by atoms with van der Waals surface area (Å²) in [5.41, 5.74) is 18.4. The van der Waals surface area contributed by atoms with E-state index in [0.717, 1.165) is 0 Å². The molecule has 0 radical (unpaired) electrons. The van der Waals surface area contributed by atoms with E-state index in [2.05, 4.69) is 244 Å². The third-order valence-electron chi connectivity index (χ3n) is 18.9. The maximum Gasteiger partial charge on any atom is -0.000717 e. The van der Waals surface area contributed by atoms with E-state index < -0.39 is 0 Å². The highest BCUT2D eigenvalue weighted by atomic mass is 14.3. The number of benzene rings is 16. The monoisotopic (exact) mass is 980 g/mol. The Kier molecular flexibility index (Phi) is 7.71. The van der Waals surface area contributed by atoms with Crippen LogP contribution in [0.15, 0.2) is 231 Å². The highest BCUT2D eigenvalue weighted by molar-refractivity contribution is 6.52. The lowest BCUT2D eigenvalue weighted by Crippen LogP contribution is -1.92. The van der Waals surface area contributed by atoms with Crippen molar-refractivity contribution < 1.29 is 0 Å². The number of hydrogen-bond donors (Lipinski definition) is 0. The highest BCUT2D eigenvalue weighted by Gasteiger charge is 2.32. The molecule has 0 bridgehead atoms. The van der Waals surface area contributed by atoms with E-state index in [4.69, 9.17) is 0 Å². The predicted molar refractivity (Wildman–Crippen MR) is 337 cm³/mol. The van der Waals surface area contributed by atoms with Gasteiger partial charge in [-0.1, -0.05) is 231 Å². The van der Waals surface area contributed by atoms with Crippen LogP contribution in [0.25, 0.3) is 196 Å². The maximum atomic E-state index is 2.49. The molecule has 0 saturated heterocycles. The first-order valence-electron chi connectivity index (χ1n) is 27.6. The van der Waals surface area contributed by atoms with Gasteiger partial charge in [0.15, 0.2) is 0 Å². The molecule has 0 nitrogen and oxygen atoms in total. The van der Waals surface area contributed by atoms with E-state index in [1.807, 2.05) is 0 Å². The Morgan fingerprint density at radius 1 is 0.179 bits per heavy atom. The molecule has 356 valence electrons. The largest absolute Gasteiger partial charge is 0.0622 e. The number of aryl methyl sites for hydroxylation is 1. The fraction of sp³-hybridized carbons (Fsp3) is 0.0256. The molecular formula is C78H44. The third-order valence-corrected chi connectivity index (χ3v) is 18.9. The Labute approximate surface area is 449 Å². The van der Waals surface area contributed by atoms with Crippen molar-refractivity contribution in [1.29, 1.82) is 0 Å². The zero-order valence-electron chi connectivity index (χ0n) is 42.9. The van der Waals surface area contributed by atoms with E-state index in [1.165, 1.54) is 207 Å². The summed E-state index contributed by atoms with van der Waals surface area (Å²) < 4.78 is 0. The number of fused-ring (bicyclic) bond motifs is 13. The Morgan fingerprint density at radius 2 is 0.500 bits per heavy atom. The standard InChI is InChI=1S/C78H44/c1-41-40-63(44-18-9-4-10-19-44)42(2)65-58-35-29-54-56-33-39-62-74-61(38-32-55(71(56)74)53-28-34-57(64(41)65)72(58)70(53)54)78-67(46-22-13-6-14-23-46)76-60-37-31-52-50-27-26-47(43-16-7-3-8-17-43)48-24-15-25-49(68(48)50)51-30-36-59(73(60)69(51)52)75(76)66(77(62)78)45-20-11-5-12-21-45/h3-40H,1-2H3. The lowest BCUT2D eigenvalue weighted by atomic mass is 9.86. The van der Waals surface area contributed by atoms with Gasteiger partial charge in [-0.25, -0.2) is 0 Å². The molecule has 0 saturated carbocycles. The smallest absolute Gasteiger partial charge is 0.000717 e. The number of rotatable bonds is 4. The van der Waals surface area contributed by atoms with Crippen molar-refractivity contribution in [2.45, 2.75) is 13.8 Å². The summed E-state index contributed by atoms with van der Waals surface area (Å²) >= 11 is 0. The average molecular weight is 981 g/mol. The van der Waals surface area contributed by atoms with E-state index in [-0.39, 0.29) is 0 Å².